The predicted molar refractivity (Wildman–Crippen MR) is 112 cm³/mol. The SMILES string of the molecule is O=c1cc2c(nn1CCN1CCCCC1CNc1nc3c(s1)CCC3)CCC2. The van der Waals surface area contributed by atoms with Crippen LogP contribution in [0.25, 0.3) is 0 Å². The van der Waals surface area contributed by atoms with Crippen molar-refractivity contribution in [2.45, 2.75) is 70.4 Å². The summed E-state index contributed by atoms with van der Waals surface area (Å²) in [6.45, 7) is 3.64. The molecule has 3 heterocycles. The molecular weight excluding hydrogens is 370 g/mol. The minimum atomic E-state index is 0.0598. The number of thiazole rings is 1. The lowest BCUT2D eigenvalue weighted by molar-refractivity contribution is 0.148. The number of nitrogens with one attached hydrogen (secondary N) is 1. The molecule has 3 aliphatic rings. The van der Waals surface area contributed by atoms with Gasteiger partial charge in [0.15, 0.2) is 5.13 Å². The molecule has 1 fully saturated rings. The number of likely N-dealkylation sites (tertiary alicyclic amines) is 1. The minimum Gasteiger partial charge on any atom is -0.360 e. The molecule has 2 aromatic rings. The van der Waals surface area contributed by atoms with Crippen molar-refractivity contribution in [2.75, 3.05) is 25.0 Å². The van der Waals surface area contributed by atoms with Crippen molar-refractivity contribution in [1.82, 2.24) is 19.7 Å². The van der Waals surface area contributed by atoms with Gasteiger partial charge in [-0.2, -0.15) is 5.10 Å². The van der Waals surface area contributed by atoms with Gasteiger partial charge in [0.25, 0.3) is 5.56 Å². The number of aromatic nitrogens is 3. The Kier molecular flexibility index (Phi) is 5.20. The molecule has 1 atom stereocenters. The Hall–Kier alpha value is -1.73. The maximum atomic E-state index is 12.4. The van der Waals surface area contributed by atoms with Crippen LogP contribution in [0.5, 0.6) is 0 Å². The average molecular weight is 400 g/mol. The highest BCUT2D eigenvalue weighted by atomic mass is 32.1. The largest absolute Gasteiger partial charge is 0.360 e. The molecule has 0 amide bonds. The van der Waals surface area contributed by atoms with Gasteiger partial charge in [0.1, 0.15) is 0 Å². The van der Waals surface area contributed by atoms with Gasteiger partial charge in [-0.1, -0.05) is 6.42 Å². The van der Waals surface area contributed by atoms with Crippen molar-refractivity contribution in [3.8, 4) is 0 Å². The van der Waals surface area contributed by atoms with Gasteiger partial charge in [0.2, 0.25) is 0 Å². The zero-order chi connectivity index (χ0) is 18.9. The number of nitrogens with zero attached hydrogens (tertiary/aromatic N) is 4. The Morgan fingerprint density at radius 2 is 1.96 bits per heavy atom. The van der Waals surface area contributed by atoms with E-state index in [1.54, 1.807) is 4.68 Å². The third kappa shape index (κ3) is 3.74. The Morgan fingerprint density at radius 3 is 2.89 bits per heavy atom. The molecule has 1 saturated heterocycles. The normalized spacial score (nSPS) is 21.6. The van der Waals surface area contributed by atoms with Gasteiger partial charge in [-0.25, -0.2) is 9.67 Å². The molecule has 1 N–H and O–H groups in total. The van der Waals surface area contributed by atoms with Crippen LogP contribution in [0.4, 0.5) is 5.13 Å². The summed E-state index contributed by atoms with van der Waals surface area (Å²) < 4.78 is 1.69. The first-order chi connectivity index (χ1) is 13.8. The van der Waals surface area contributed by atoms with Gasteiger partial charge in [0, 0.05) is 30.1 Å². The number of piperidine rings is 1. The molecule has 6 nitrogen and oxygen atoms in total. The van der Waals surface area contributed by atoms with E-state index in [0.717, 1.165) is 61.7 Å². The highest BCUT2D eigenvalue weighted by molar-refractivity contribution is 7.15. The molecule has 0 aromatic carbocycles. The topological polar surface area (TPSA) is 63.1 Å². The monoisotopic (exact) mass is 399 g/mol. The van der Waals surface area contributed by atoms with Gasteiger partial charge < -0.3 is 5.32 Å². The molecule has 1 aliphatic heterocycles. The van der Waals surface area contributed by atoms with Crippen LogP contribution in [0.15, 0.2) is 10.9 Å². The van der Waals surface area contributed by atoms with Crippen molar-refractivity contribution in [2.24, 2.45) is 0 Å². The third-order valence-electron chi connectivity index (χ3n) is 6.46. The lowest BCUT2D eigenvalue weighted by Crippen LogP contribution is -2.45. The van der Waals surface area contributed by atoms with E-state index >= 15 is 0 Å². The summed E-state index contributed by atoms with van der Waals surface area (Å²) in [5.74, 6) is 0. The second kappa shape index (κ2) is 7.95. The van der Waals surface area contributed by atoms with Gasteiger partial charge in [0.05, 0.1) is 17.9 Å². The molecule has 2 aliphatic carbocycles. The first-order valence-corrected chi connectivity index (χ1v) is 11.6. The number of fused-ring (bicyclic) bond motifs is 2. The summed E-state index contributed by atoms with van der Waals surface area (Å²) in [6, 6.07) is 2.32. The van der Waals surface area contributed by atoms with Crippen molar-refractivity contribution < 1.29 is 0 Å². The van der Waals surface area contributed by atoms with Crippen LogP contribution < -0.4 is 10.9 Å². The van der Waals surface area contributed by atoms with E-state index < -0.39 is 0 Å². The number of aryl methyl sites for hydroxylation is 4. The number of anilines is 1. The lowest BCUT2D eigenvalue weighted by atomic mass is 10.0. The van der Waals surface area contributed by atoms with Crippen LogP contribution in [-0.4, -0.2) is 45.3 Å². The van der Waals surface area contributed by atoms with Gasteiger partial charge in [-0.3, -0.25) is 9.69 Å². The summed E-state index contributed by atoms with van der Waals surface area (Å²) in [5.41, 5.74) is 3.67. The van der Waals surface area contributed by atoms with Crippen LogP contribution in [0.1, 0.15) is 53.9 Å². The van der Waals surface area contributed by atoms with Crippen LogP contribution in [-0.2, 0) is 32.2 Å². The van der Waals surface area contributed by atoms with E-state index in [9.17, 15) is 4.79 Å². The summed E-state index contributed by atoms with van der Waals surface area (Å²) in [5, 5.41) is 9.33. The molecule has 5 rings (SSSR count). The molecule has 0 spiro atoms. The molecule has 2 aromatic heterocycles. The van der Waals surface area contributed by atoms with Gasteiger partial charge >= 0.3 is 0 Å². The Morgan fingerprint density at radius 1 is 1.07 bits per heavy atom. The van der Waals surface area contributed by atoms with Crippen molar-refractivity contribution in [3.63, 3.8) is 0 Å². The maximum absolute atomic E-state index is 12.4. The van der Waals surface area contributed by atoms with Crippen LogP contribution in [0, 0.1) is 0 Å². The summed E-state index contributed by atoms with van der Waals surface area (Å²) in [7, 11) is 0. The predicted octanol–water partition coefficient (Wildman–Crippen LogP) is 2.64. The lowest BCUT2D eigenvalue weighted by Gasteiger charge is -2.35. The highest BCUT2D eigenvalue weighted by Gasteiger charge is 2.24. The molecular formula is C21H29N5OS. The first-order valence-electron chi connectivity index (χ1n) is 10.8. The summed E-state index contributed by atoms with van der Waals surface area (Å²) in [6.07, 6.45) is 10.5. The second-order valence-corrected chi connectivity index (χ2v) is 9.42. The Balaban J connectivity index is 1.20. The van der Waals surface area contributed by atoms with E-state index in [4.69, 9.17) is 4.98 Å². The smallest absolute Gasteiger partial charge is 0.267 e. The third-order valence-corrected chi connectivity index (χ3v) is 7.57. The van der Waals surface area contributed by atoms with Crippen molar-refractivity contribution in [1.29, 1.82) is 0 Å². The molecule has 1 unspecified atom stereocenters. The molecule has 0 saturated carbocycles. The Bertz CT molecular complexity index is 883. The number of hydrogen-bond acceptors (Lipinski definition) is 6. The van der Waals surface area contributed by atoms with Gasteiger partial charge in [-0.15, -0.1) is 11.3 Å². The fourth-order valence-electron chi connectivity index (χ4n) is 4.88. The van der Waals surface area contributed by atoms with Crippen LogP contribution in [0.2, 0.25) is 0 Å². The van der Waals surface area contributed by atoms with E-state index in [0.29, 0.717) is 12.6 Å². The van der Waals surface area contributed by atoms with Gasteiger partial charge in [-0.05, 0) is 63.5 Å². The molecule has 28 heavy (non-hydrogen) atoms. The summed E-state index contributed by atoms with van der Waals surface area (Å²) >= 11 is 1.84. The first kappa shape index (κ1) is 18.3. The minimum absolute atomic E-state index is 0.0598. The van der Waals surface area contributed by atoms with E-state index in [-0.39, 0.29) is 5.56 Å². The summed E-state index contributed by atoms with van der Waals surface area (Å²) in [4.78, 5) is 21.2. The van der Waals surface area contributed by atoms with Crippen molar-refractivity contribution in [3.05, 3.63) is 38.2 Å². The van der Waals surface area contributed by atoms with Crippen LogP contribution >= 0.6 is 11.3 Å². The zero-order valence-electron chi connectivity index (χ0n) is 16.5. The number of rotatable bonds is 6. The average Bonchev–Trinajstić information content (AvgIpc) is 3.41. The standard InChI is InChI=1S/C21H29N5OS/c27-20-13-15-5-3-7-17(15)24-26(20)12-11-25-10-2-1-6-16(25)14-22-21-23-18-8-4-9-19(18)28-21/h13,16H,1-12,14H2,(H,22,23). The molecule has 0 bridgehead atoms. The quantitative estimate of drug-likeness (QED) is 0.809. The zero-order valence-corrected chi connectivity index (χ0v) is 17.3. The maximum Gasteiger partial charge on any atom is 0.267 e. The van der Waals surface area contributed by atoms with E-state index in [1.165, 1.54) is 42.7 Å². The van der Waals surface area contributed by atoms with E-state index in [1.807, 2.05) is 17.4 Å². The molecule has 150 valence electrons. The number of hydrogen-bond donors (Lipinski definition) is 1. The molecule has 7 heteroatoms. The fourth-order valence-corrected chi connectivity index (χ4v) is 5.94. The molecule has 0 radical (unpaired) electrons. The van der Waals surface area contributed by atoms with Crippen LogP contribution in [0.3, 0.4) is 0 Å². The second-order valence-electron chi connectivity index (χ2n) is 8.34. The highest BCUT2D eigenvalue weighted by Crippen LogP contribution is 2.30. The fraction of sp³-hybridized carbons (Fsp3) is 0.667. The Labute approximate surface area is 170 Å². The van der Waals surface area contributed by atoms with Crippen molar-refractivity contribution >= 4 is 16.5 Å². The van der Waals surface area contributed by atoms with E-state index in [2.05, 4.69) is 15.3 Å².